The van der Waals surface area contributed by atoms with Crippen LogP contribution < -0.4 is 5.32 Å². The Bertz CT molecular complexity index is 617. The monoisotopic (exact) mass is 309 g/mol. The first-order valence-electron chi connectivity index (χ1n) is 7.35. The van der Waals surface area contributed by atoms with Crippen molar-refractivity contribution in [2.75, 3.05) is 6.26 Å². The lowest BCUT2D eigenvalue weighted by molar-refractivity contribution is 0.0926. The van der Waals surface area contributed by atoms with Gasteiger partial charge in [0.15, 0.2) is 0 Å². The Morgan fingerprint density at radius 3 is 2.38 bits per heavy atom. The van der Waals surface area contributed by atoms with E-state index in [0.717, 1.165) is 24.0 Å². The molecular formula is C16H23NO3S. The molecule has 0 radical (unpaired) electrons. The molecule has 1 N–H and O–H groups in total. The van der Waals surface area contributed by atoms with E-state index < -0.39 is 9.84 Å². The van der Waals surface area contributed by atoms with Crippen molar-refractivity contribution in [2.45, 2.75) is 50.8 Å². The van der Waals surface area contributed by atoms with Gasteiger partial charge in [0, 0.05) is 17.9 Å². The van der Waals surface area contributed by atoms with Gasteiger partial charge >= 0.3 is 0 Å². The normalized spacial score (nSPS) is 22.8. The van der Waals surface area contributed by atoms with E-state index in [1.165, 1.54) is 6.26 Å². The smallest absolute Gasteiger partial charge is 0.252 e. The summed E-state index contributed by atoms with van der Waals surface area (Å²) in [5.74, 6) is -0.0928. The van der Waals surface area contributed by atoms with Crippen molar-refractivity contribution < 1.29 is 13.2 Å². The van der Waals surface area contributed by atoms with Gasteiger partial charge in [-0.25, -0.2) is 8.42 Å². The first-order valence-corrected chi connectivity index (χ1v) is 9.30. The Labute approximate surface area is 126 Å². The van der Waals surface area contributed by atoms with Gasteiger partial charge in [-0.1, -0.05) is 24.6 Å². The zero-order valence-electron chi connectivity index (χ0n) is 12.8. The second kappa shape index (κ2) is 6.18. The number of aryl methyl sites for hydroxylation is 2. The van der Waals surface area contributed by atoms with E-state index in [0.29, 0.717) is 18.4 Å². The van der Waals surface area contributed by atoms with Crippen molar-refractivity contribution in [3.05, 3.63) is 34.9 Å². The van der Waals surface area contributed by atoms with Crippen LogP contribution in [0.5, 0.6) is 0 Å². The van der Waals surface area contributed by atoms with E-state index in [1.807, 2.05) is 32.0 Å². The molecule has 1 amide bonds. The SMILES string of the molecule is Cc1cccc(C)c1C(=O)N[C@@H]1CCC[C@@H](S(C)(=O)=O)C1. The Morgan fingerprint density at radius 2 is 1.81 bits per heavy atom. The fraction of sp³-hybridized carbons (Fsp3) is 0.562. The lowest BCUT2D eigenvalue weighted by Crippen LogP contribution is -2.42. The van der Waals surface area contributed by atoms with E-state index in [2.05, 4.69) is 5.32 Å². The maximum atomic E-state index is 12.5. The number of amides is 1. The molecule has 0 spiro atoms. The highest BCUT2D eigenvalue weighted by Crippen LogP contribution is 2.24. The average molecular weight is 309 g/mol. The third kappa shape index (κ3) is 3.84. The fourth-order valence-electron chi connectivity index (χ4n) is 3.10. The van der Waals surface area contributed by atoms with Gasteiger partial charge < -0.3 is 5.32 Å². The summed E-state index contributed by atoms with van der Waals surface area (Å²) in [7, 11) is -3.03. The van der Waals surface area contributed by atoms with Crippen LogP contribution in [0.4, 0.5) is 0 Å². The van der Waals surface area contributed by atoms with E-state index in [-0.39, 0.29) is 17.2 Å². The van der Waals surface area contributed by atoms with Crippen LogP contribution in [0.1, 0.15) is 47.2 Å². The van der Waals surface area contributed by atoms with Crippen LogP contribution in [-0.4, -0.2) is 31.9 Å². The molecule has 1 aliphatic carbocycles. The molecule has 0 aromatic heterocycles. The van der Waals surface area contributed by atoms with Gasteiger partial charge in [0.25, 0.3) is 5.91 Å². The molecule has 4 nitrogen and oxygen atoms in total. The number of rotatable bonds is 3. The summed E-state index contributed by atoms with van der Waals surface area (Å²) in [6.45, 7) is 3.84. The van der Waals surface area contributed by atoms with Gasteiger partial charge in [0.05, 0.1) is 5.25 Å². The van der Waals surface area contributed by atoms with Crippen LogP contribution in [-0.2, 0) is 9.84 Å². The number of hydrogen-bond acceptors (Lipinski definition) is 3. The van der Waals surface area contributed by atoms with E-state index in [1.54, 1.807) is 0 Å². The number of carbonyl (C=O) groups is 1. The molecule has 1 aliphatic rings. The summed E-state index contributed by atoms with van der Waals surface area (Å²) in [6.07, 6.45) is 4.20. The molecule has 0 saturated heterocycles. The molecule has 0 aliphatic heterocycles. The van der Waals surface area contributed by atoms with Crippen LogP contribution in [0.25, 0.3) is 0 Å². The average Bonchev–Trinajstić information content (AvgIpc) is 2.37. The van der Waals surface area contributed by atoms with E-state index in [4.69, 9.17) is 0 Å². The largest absolute Gasteiger partial charge is 0.349 e. The molecule has 21 heavy (non-hydrogen) atoms. The maximum absolute atomic E-state index is 12.5. The Hall–Kier alpha value is -1.36. The van der Waals surface area contributed by atoms with E-state index >= 15 is 0 Å². The molecule has 1 fully saturated rings. The molecule has 0 unspecified atom stereocenters. The number of nitrogens with one attached hydrogen (secondary N) is 1. The predicted octanol–water partition coefficient (Wildman–Crippen LogP) is 2.39. The standard InChI is InChI=1S/C16H23NO3S/c1-11-6-4-7-12(2)15(11)16(18)17-13-8-5-9-14(10-13)21(3,19)20/h4,6-7,13-14H,5,8-10H2,1-3H3,(H,17,18)/t13-,14-/m1/s1. The molecule has 2 rings (SSSR count). The molecule has 2 atom stereocenters. The van der Waals surface area contributed by atoms with E-state index in [9.17, 15) is 13.2 Å². The first-order chi connectivity index (χ1) is 9.79. The molecule has 5 heteroatoms. The topological polar surface area (TPSA) is 63.2 Å². The highest BCUT2D eigenvalue weighted by molar-refractivity contribution is 7.91. The summed E-state index contributed by atoms with van der Waals surface area (Å²) in [5, 5.41) is 2.69. The highest BCUT2D eigenvalue weighted by Gasteiger charge is 2.30. The summed E-state index contributed by atoms with van der Waals surface area (Å²) >= 11 is 0. The van der Waals surface area contributed by atoms with Gasteiger partial charge in [-0.2, -0.15) is 0 Å². The summed E-state index contributed by atoms with van der Waals surface area (Å²) < 4.78 is 23.4. The molecule has 116 valence electrons. The lowest BCUT2D eigenvalue weighted by Gasteiger charge is -2.29. The molecule has 0 heterocycles. The van der Waals surface area contributed by atoms with Crippen LogP contribution in [0.2, 0.25) is 0 Å². The zero-order valence-corrected chi connectivity index (χ0v) is 13.7. The van der Waals surface area contributed by atoms with Crippen LogP contribution in [0, 0.1) is 13.8 Å². The van der Waals surface area contributed by atoms with Gasteiger partial charge in [-0.15, -0.1) is 0 Å². The second-order valence-corrected chi connectivity index (χ2v) is 8.38. The minimum absolute atomic E-state index is 0.0509. The van der Waals surface area contributed by atoms with Crippen LogP contribution in [0.15, 0.2) is 18.2 Å². The third-order valence-corrected chi connectivity index (χ3v) is 5.91. The van der Waals surface area contributed by atoms with Gasteiger partial charge in [-0.3, -0.25) is 4.79 Å². The molecule has 0 bridgehead atoms. The summed E-state index contributed by atoms with van der Waals surface area (Å²) in [4.78, 5) is 12.5. The molecule has 1 aromatic rings. The molecule has 1 saturated carbocycles. The van der Waals surface area contributed by atoms with Gasteiger partial charge in [0.1, 0.15) is 9.84 Å². The summed E-state index contributed by atoms with van der Waals surface area (Å²) in [5.41, 5.74) is 2.60. The first kappa shape index (κ1) is 16.0. The van der Waals surface area contributed by atoms with Crippen LogP contribution >= 0.6 is 0 Å². The van der Waals surface area contributed by atoms with Crippen molar-refractivity contribution >= 4 is 15.7 Å². The summed E-state index contributed by atoms with van der Waals surface area (Å²) in [6, 6.07) is 5.72. The number of hydrogen-bond donors (Lipinski definition) is 1. The van der Waals surface area contributed by atoms with Gasteiger partial charge in [-0.05, 0) is 44.2 Å². The van der Waals surface area contributed by atoms with Crippen molar-refractivity contribution in [1.29, 1.82) is 0 Å². The molecular weight excluding hydrogens is 286 g/mol. The number of carbonyl (C=O) groups excluding carboxylic acids is 1. The fourth-order valence-corrected chi connectivity index (χ4v) is 4.27. The highest BCUT2D eigenvalue weighted by atomic mass is 32.2. The van der Waals surface area contributed by atoms with Crippen molar-refractivity contribution in [2.24, 2.45) is 0 Å². The minimum atomic E-state index is -3.03. The van der Waals surface area contributed by atoms with Crippen LogP contribution in [0.3, 0.4) is 0 Å². The zero-order chi connectivity index (χ0) is 15.6. The quantitative estimate of drug-likeness (QED) is 0.932. The Morgan fingerprint density at radius 1 is 1.19 bits per heavy atom. The number of sulfone groups is 1. The minimum Gasteiger partial charge on any atom is -0.349 e. The maximum Gasteiger partial charge on any atom is 0.252 e. The number of benzene rings is 1. The Kier molecular flexibility index (Phi) is 4.71. The van der Waals surface area contributed by atoms with Crippen molar-refractivity contribution in [3.8, 4) is 0 Å². The van der Waals surface area contributed by atoms with Gasteiger partial charge in [0.2, 0.25) is 0 Å². The van der Waals surface area contributed by atoms with Crippen molar-refractivity contribution in [1.82, 2.24) is 5.32 Å². The predicted molar refractivity (Wildman–Crippen MR) is 84.3 cm³/mol. The van der Waals surface area contributed by atoms with Crippen molar-refractivity contribution in [3.63, 3.8) is 0 Å². The second-order valence-electron chi connectivity index (χ2n) is 6.06. The Balaban J connectivity index is 2.10. The molecule has 1 aromatic carbocycles. The lowest BCUT2D eigenvalue weighted by atomic mass is 9.94. The third-order valence-electron chi connectivity index (χ3n) is 4.27.